The minimum Gasteiger partial charge on any atom is -0.173 e. The highest BCUT2D eigenvalue weighted by molar-refractivity contribution is 7.81. The predicted molar refractivity (Wildman–Crippen MR) is 100 cm³/mol. The molecule has 1 fully saturated rings. The average Bonchev–Trinajstić information content (AvgIpc) is 2.40. The molecular formula is C20H40S. The van der Waals surface area contributed by atoms with Gasteiger partial charge in [-0.15, -0.1) is 0 Å². The predicted octanol–water partition coefficient (Wildman–Crippen LogP) is 7.42. The van der Waals surface area contributed by atoms with Gasteiger partial charge in [-0.1, -0.05) is 72.6 Å². The zero-order valence-electron chi connectivity index (χ0n) is 15.2. The lowest BCUT2D eigenvalue weighted by molar-refractivity contribution is 0.164. The van der Waals surface area contributed by atoms with Crippen LogP contribution in [0.4, 0.5) is 0 Å². The van der Waals surface area contributed by atoms with Crippen LogP contribution in [0.5, 0.6) is 0 Å². The highest BCUT2D eigenvalue weighted by Crippen LogP contribution is 2.46. The quantitative estimate of drug-likeness (QED) is 0.350. The van der Waals surface area contributed by atoms with Gasteiger partial charge in [-0.2, -0.15) is 12.6 Å². The Morgan fingerprint density at radius 1 is 0.905 bits per heavy atom. The van der Waals surface area contributed by atoms with Gasteiger partial charge in [0.05, 0.1) is 0 Å². The van der Waals surface area contributed by atoms with E-state index in [4.69, 9.17) is 12.6 Å². The van der Waals surface area contributed by atoms with Crippen molar-refractivity contribution in [2.45, 2.75) is 116 Å². The van der Waals surface area contributed by atoms with Crippen molar-refractivity contribution < 1.29 is 0 Å². The van der Waals surface area contributed by atoms with Gasteiger partial charge in [-0.25, -0.2) is 0 Å². The molecule has 0 bridgehead atoms. The summed E-state index contributed by atoms with van der Waals surface area (Å²) in [5, 5.41) is 0. The molecule has 1 aliphatic rings. The summed E-state index contributed by atoms with van der Waals surface area (Å²) < 4.78 is 0.254. The van der Waals surface area contributed by atoms with Crippen LogP contribution in [0, 0.1) is 11.3 Å². The molecule has 0 spiro atoms. The van der Waals surface area contributed by atoms with E-state index in [-0.39, 0.29) is 4.75 Å². The number of hydrogen-bond donors (Lipinski definition) is 1. The SMILES string of the molecule is CCCCCC1CC[C@@](C)(S)C[C@](C)(CCCCC)CC1. The molecule has 1 aliphatic carbocycles. The van der Waals surface area contributed by atoms with Crippen molar-refractivity contribution in [2.75, 3.05) is 0 Å². The smallest absolute Gasteiger partial charge is 0.0107 e. The van der Waals surface area contributed by atoms with E-state index in [2.05, 4.69) is 27.7 Å². The van der Waals surface area contributed by atoms with Crippen LogP contribution < -0.4 is 0 Å². The van der Waals surface area contributed by atoms with Gasteiger partial charge in [0.2, 0.25) is 0 Å². The summed E-state index contributed by atoms with van der Waals surface area (Å²) in [6.07, 6.45) is 18.2. The van der Waals surface area contributed by atoms with Crippen molar-refractivity contribution in [1.82, 2.24) is 0 Å². The maximum absolute atomic E-state index is 5.04. The zero-order valence-corrected chi connectivity index (χ0v) is 16.1. The summed E-state index contributed by atoms with van der Waals surface area (Å²) in [4.78, 5) is 0. The first-order valence-corrected chi connectivity index (χ1v) is 10.1. The second kappa shape index (κ2) is 9.48. The fourth-order valence-electron chi connectivity index (χ4n) is 4.30. The molecule has 0 aliphatic heterocycles. The Bertz CT molecular complexity index is 271. The molecule has 1 unspecified atom stereocenters. The molecular weight excluding hydrogens is 272 g/mol. The number of thiol groups is 1. The fourth-order valence-corrected chi connectivity index (χ4v) is 4.81. The van der Waals surface area contributed by atoms with Gasteiger partial charge < -0.3 is 0 Å². The largest absolute Gasteiger partial charge is 0.173 e. The Labute approximate surface area is 140 Å². The summed E-state index contributed by atoms with van der Waals surface area (Å²) in [6.45, 7) is 9.56. The standard InChI is InChI=1S/C20H40S/c1-5-7-9-11-18-12-15-19(3,14-10-8-6-2)17-20(4,21)16-13-18/h18,21H,5-17H2,1-4H3/t18?,19-,20-/m1/s1. The lowest BCUT2D eigenvalue weighted by atomic mass is 9.68. The minimum absolute atomic E-state index is 0.254. The molecule has 0 nitrogen and oxygen atoms in total. The number of unbranched alkanes of at least 4 members (excludes halogenated alkanes) is 4. The molecule has 0 radical (unpaired) electrons. The summed E-state index contributed by atoms with van der Waals surface area (Å²) in [5.74, 6) is 0.967. The van der Waals surface area contributed by atoms with Gasteiger partial charge in [0, 0.05) is 4.75 Å². The van der Waals surface area contributed by atoms with Crippen LogP contribution in [0.3, 0.4) is 0 Å². The van der Waals surface area contributed by atoms with Crippen LogP contribution in [0.1, 0.15) is 111 Å². The van der Waals surface area contributed by atoms with Crippen LogP contribution in [0.25, 0.3) is 0 Å². The monoisotopic (exact) mass is 312 g/mol. The normalized spacial score (nSPS) is 34.4. The Morgan fingerprint density at radius 3 is 2.19 bits per heavy atom. The number of rotatable bonds is 8. The molecule has 1 rings (SSSR count). The molecule has 3 atom stereocenters. The van der Waals surface area contributed by atoms with Crippen LogP contribution in [0.2, 0.25) is 0 Å². The fraction of sp³-hybridized carbons (Fsp3) is 1.00. The van der Waals surface area contributed by atoms with Gasteiger partial charge in [-0.05, 0) is 49.9 Å². The Kier molecular flexibility index (Phi) is 8.76. The molecule has 1 saturated carbocycles. The summed E-state index contributed by atoms with van der Waals surface area (Å²) in [6, 6.07) is 0. The van der Waals surface area contributed by atoms with Crippen LogP contribution in [0.15, 0.2) is 0 Å². The van der Waals surface area contributed by atoms with E-state index in [9.17, 15) is 0 Å². The summed E-state index contributed by atoms with van der Waals surface area (Å²) in [7, 11) is 0. The van der Waals surface area contributed by atoms with Gasteiger partial charge in [0.25, 0.3) is 0 Å². The second-order valence-corrected chi connectivity index (χ2v) is 9.46. The first-order chi connectivity index (χ1) is 9.91. The van der Waals surface area contributed by atoms with Gasteiger partial charge in [0.1, 0.15) is 0 Å². The highest BCUT2D eigenvalue weighted by Gasteiger charge is 2.35. The van der Waals surface area contributed by atoms with E-state index < -0.39 is 0 Å². The molecule has 0 aromatic heterocycles. The van der Waals surface area contributed by atoms with Crippen LogP contribution in [-0.4, -0.2) is 4.75 Å². The van der Waals surface area contributed by atoms with Crippen LogP contribution in [-0.2, 0) is 0 Å². The van der Waals surface area contributed by atoms with Gasteiger partial charge >= 0.3 is 0 Å². The second-order valence-electron chi connectivity index (χ2n) is 8.38. The summed E-state index contributed by atoms with van der Waals surface area (Å²) in [5.41, 5.74) is 0.537. The molecule has 0 amide bonds. The lowest BCUT2D eigenvalue weighted by Gasteiger charge is -2.41. The third-order valence-corrected chi connectivity index (χ3v) is 6.04. The molecule has 0 N–H and O–H groups in total. The van der Waals surface area contributed by atoms with E-state index in [0.29, 0.717) is 5.41 Å². The van der Waals surface area contributed by atoms with E-state index in [1.807, 2.05) is 0 Å². The third kappa shape index (κ3) is 7.95. The Balaban J connectivity index is 2.56. The maximum Gasteiger partial charge on any atom is 0.0107 e. The van der Waals surface area contributed by atoms with Gasteiger partial charge in [0.15, 0.2) is 0 Å². The van der Waals surface area contributed by atoms with E-state index in [1.54, 1.807) is 0 Å². The van der Waals surface area contributed by atoms with E-state index in [0.717, 1.165) is 5.92 Å². The molecule has 1 heteroatoms. The third-order valence-electron chi connectivity index (χ3n) is 5.65. The van der Waals surface area contributed by atoms with Crippen LogP contribution >= 0.6 is 12.6 Å². The van der Waals surface area contributed by atoms with E-state index in [1.165, 1.54) is 83.5 Å². The topological polar surface area (TPSA) is 0 Å². The Morgan fingerprint density at radius 2 is 1.52 bits per heavy atom. The zero-order chi connectivity index (χ0) is 15.8. The number of hydrogen-bond acceptors (Lipinski definition) is 1. The highest BCUT2D eigenvalue weighted by atomic mass is 32.1. The molecule has 0 heterocycles. The molecule has 0 saturated heterocycles. The minimum atomic E-state index is 0.254. The first-order valence-electron chi connectivity index (χ1n) is 9.63. The molecule has 21 heavy (non-hydrogen) atoms. The average molecular weight is 313 g/mol. The summed E-state index contributed by atoms with van der Waals surface area (Å²) >= 11 is 5.04. The van der Waals surface area contributed by atoms with Crippen molar-refractivity contribution in [3.05, 3.63) is 0 Å². The van der Waals surface area contributed by atoms with Crippen molar-refractivity contribution in [2.24, 2.45) is 11.3 Å². The van der Waals surface area contributed by atoms with E-state index >= 15 is 0 Å². The lowest BCUT2D eigenvalue weighted by Crippen LogP contribution is -2.32. The van der Waals surface area contributed by atoms with Gasteiger partial charge in [-0.3, -0.25) is 0 Å². The molecule has 0 aromatic carbocycles. The molecule has 126 valence electrons. The van der Waals surface area contributed by atoms with Crippen molar-refractivity contribution >= 4 is 12.6 Å². The first kappa shape index (κ1) is 19.4. The van der Waals surface area contributed by atoms with Crippen molar-refractivity contribution in [1.29, 1.82) is 0 Å². The maximum atomic E-state index is 5.04. The van der Waals surface area contributed by atoms with Crippen molar-refractivity contribution in [3.8, 4) is 0 Å². The van der Waals surface area contributed by atoms with Crippen molar-refractivity contribution in [3.63, 3.8) is 0 Å². The Hall–Kier alpha value is 0.350. The molecule has 0 aromatic rings.